The summed E-state index contributed by atoms with van der Waals surface area (Å²) in [5.41, 5.74) is 2.44. The number of fused-ring (bicyclic) bond motifs is 3. The van der Waals surface area contributed by atoms with E-state index >= 15 is 0 Å². The Morgan fingerprint density at radius 2 is 1.75 bits per heavy atom. The van der Waals surface area contributed by atoms with E-state index in [4.69, 9.17) is 33.2 Å². The molecule has 0 bridgehead atoms. The minimum Gasteiger partial charge on any atom is -0.493 e. The number of carbonyl (C=O) groups is 2. The van der Waals surface area contributed by atoms with Gasteiger partial charge in [0.2, 0.25) is 18.3 Å². The smallest absolute Gasteiger partial charge is 0.311 e. The van der Waals surface area contributed by atoms with Gasteiger partial charge >= 0.3 is 11.9 Å². The molecule has 0 spiro atoms. The number of hydrogen-bond donors (Lipinski definition) is 0. The van der Waals surface area contributed by atoms with Crippen LogP contribution in [0.5, 0.6) is 34.5 Å². The van der Waals surface area contributed by atoms with Crippen LogP contribution in [-0.4, -0.2) is 46.7 Å². The SMILES string of the molecule is CCCCC(=O)Oc1c2c(cc3c1OCO3)[C@@H](c1cc(OC)c(OC)c(OC)c1)C1C(=O)OCC1C2. The minimum atomic E-state index is -0.427. The molecule has 9 nitrogen and oxygen atoms in total. The highest BCUT2D eigenvalue weighted by Crippen LogP contribution is 2.56. The molecule has 192 valence electrons. The molecule has 0 N–H and O–H groups in total. The van der Waals surface area contributed by atoms with E-state index < -0.39 is 11.8 Å². The predicted octanol–water partition coefficient (Wildman–Crippen LogP) is 4.01. The zero-order valence-corrected chi connectivity index (χ0v) is 20.9. The molecule has 3 aliphatic rings. The summed E-state index contributed by atoms with van der Waals surface area (Å²) in [4.78, 5) is 25.7. The fraction of sp³-hybridized carbons (Fsp3) is 0.481. The van der Waals surface area contributed by atoms with Gasteiger partial charge in [0.15, 0.2) is 23.0 Å². The molecule has 2 aliphatic heterocycles. The second-order valence-corrected chi connectivity index (χ2v) is 9.14. The molecule has 0 aromatic heterocycles. The molecule has 0 saturated carbocycles. The van der Waals surface area contributed by atoms with E-state index in [0.717, 1.165) is 29.5 Å². The van der Waals surface area contributed by atoms with Crippen molar-refractivity contribution in [1.82, 2.24) is 0 Å². The zero-order chi connectivity index (χ0) is 25.4. The van der Waals surface area contributed by atoms with E-state index in [1.54, 1.807) is 21.3 Å². The Morgan fingerprint density at radius 1 is 1.00 bits per heavy atom. The summed E-state index contributed by atoms with van der Waals surface area (Å²) in [5, 5.41) is 0. The zero-order valence-electron chi connectivity index (χ0n) is 20.9. The lowest BCUT2D eigenvalue weighted by atomic mass is 9.67. The van der Waals surface area contributed by atoms with E-state index in [9.17, 15) is 9.59 Å². The van der Waals surface area contributed by atoms with Gasteiger partial charge in [0.25, 0.3) is 0 Å². The largest absolute Gasteiger partial charge is 0.493 e. The number of hydrogen-bond acceptors (Lipinski definition) is 9. The van der Waals surface area contributed by atoms with Gasteiger partial charge < -0.3 is 33.2 Å². The van der Waals surface area contributed by atoms with E-state index in [1.165, 1.54) is 0 Å². The third-order valence-corrected chi connectivity index (χ3v) is 7.13. The van der Waals surface area contributed by atoms with E-state index in [0.29, 0.717) is 53.9 Å². The summed E-state index contributed by atoms with van der Waals surface area (Å²) in [7, 11) is 4.64. The van der Waals surface area contributed by atoms with Crippen LogP contribution in [0.1, 0.15) is 48.8 Å². The molecule has 3 atom stereocenters. The van der Waals surface area contributed by atoms with Gasteiger partial charge in [0.05, 0.1) is 33.9 Å². The number of unbranched alkanes of at least 4 members (excludes halogenated alkanes) is 1. The van der Waals surface area contributed by atoms with Crippen LogP contribution in [0, 0.1) is 11.8 Å². The van der Waals surface area contributed by atoms with Crippen LogP contribution in [0.4, 0.5) is 0 Å². The van der Waals surface area contributed by atoms with Gasteiger partial charge in [0, 0.05) is 23.8 Å². The average molecular weight is 499 g/mol. The first kappa shape index (κ1) is 24.1. The van der Waals surface area contributed by atoms with E-state index in [-0.39, 0.29) is 24.6 Å². The molecule has 1 fully saturated rings. The van der Waals surface area contributed by atoms with Gasteiger partial charge in [-0.15, -0.1) is 0 Å². The Kier molecular flexibility index (Phi) is 6.55. The molecule has 9 heteroatoms. The molecule has 36 heavy (non-hydrogen) atoms. The van der Waals surface area contributed by atoms with Crippen molar-refractivity contribution in [3.05, 3.63) is 34.9 Å². The highest BCUT2D eigenvalue weighted by Gasteiger charge is 2.49. The summed E-state index contributed by atoms with van der Waals surface area (Å²) >= 11 is 0. The van der Waals surface area contributed by atoms with Gasteiger partial charge in [-0.05, 0) is 42.2 Å². The van der Waals surface area contributed by atoms with Crippen LogP contribution < -0.4 is 28.4 Å². The maximum absolute atomic E-state index is 13.0. The summed E-state index contributed by atoms with van der Waals surface area (Å²) in [6.45, 7) is 2.34. The van der Waals surface area contributed by atoms with Crippen LogP contribution in [-0.2, 0) is 20.7 Å². The number of rotatable bonds is 8. The van der Waals surface area contributed by atoms with Crippen molar-refractivity contribution in [2.75, 3.05) is 34.7 Å². The fourth-order valence-electron chi connectivity index (χ4n) is 5.45. The summed E-state index contributed by atoms with van der Waals surface area (Å²) in [6, 6.07) is 5.58. The van der Waals surface area contributed by atoms with Crippen molar-refractivity contribution >= 4 is 11.9 Å². The number of ether oxygens (including phenoxy) is 7. The van der Waals surface area contributed by atoms with Crippen molar-refractivity contribution in [3.63, 3.8) is 0 Å². The van der Waals surface area contributed by atoms with Crippen molar-refractivity contribution < 1.29 is 42.7 Å². The predicted molar refractivity (Wildman–Crippen MR) is 127 cm³/mol. The molecule has 5 rings (SSSR count). The van der Waals surface area contributed by atoms with Crippen molar-refractivity contribution in [2.45, 2.75) is 38.5 Å². The lowest BCUT2D eigenvalue weighted by Gasteiger charge is -2.34. The first-order valence-electron chi connectivity index (χ1n) is 12.1. The number of carbonyl (C=O) groups excluding carboxylic acids is 2. The quantitative estimate of drug-likeness (QED) is 0.395. The second kappa shape index (κ2) is 9.79. The molecule has 2 aromatic carbocycles. The normalized spacial score (nSPS) is 21.3. The van der Waals surface area contributed by atoms with Crippen LogP contribution in [0.2, 0.25) is 0 Å². The minimum absolute atomic E-state index is 0.0293. The Hall–Kier alpha value is -3.62. The van der Waals surface area contributed by atoms with Gasteiger partial charge in [-0.25, -0.2) is 0 Å². The molecule has 1 aliphatic carbocycles. The van der Waals surface area contributed by atoms with Crippen LogP contribution in [0.15, 0.2) is 18.2 Å². The number of benzene rings is 2. The number of esters is 2. The summed E-state index contributed by atoms with van der Waals surface area (Å²) in [5.74, 6) is 1.18. The highest BCUT2D eigenvalue weighted by atomic mass is 16.7. The molecule has 1 saturated heterocycles. The Labute approximate surface area is 209 Å². The number of cyclic esters (lactones) is 1. The lowest BCUT2D eigenvalue weighted by Crippen LogP contribution is -2.32. The Balaban J connectivity index is 1.69. The van der Waals surface area contributed by atoms with Crippen LogP contribution in [0.25, 0.3) is 0 Å². The Bertz CT molecular complexity index is 1160. The fourth-order valence-corrected chi connectivity index (χ4v) is 5.45. The van der Waals surface area contributed by atoms with Crippen molar-refractivity contribution in [3.8, 4) is 34.5 Å². The topological polar surface area (TPSA) is 98.8 Å². The monoisotopic (exact) mass is 498 g/mol. The van der Waals surface area contributed by atoms with Gasteiger partial charge in [-0.1, -0.05) is 13.3 Å². The first-order chi connectivity index (χ1) is 17.5. The molecule has 0 radical (unpaired) electrons. The average Bonchev–Trinajstić information content (AvgIpc) is 3.51. The van der Waals surface area contributed by atoms with Crippen LogP contribution >= 0.6 is 0 Å². The third-order valence-electron chi connectivity index (χ3n) is 7.13. The maximum Gasteiger partial charge on any atom is 0.311 e. The molecule has 2 heterocycles. The summed E-state index contributed by atoms with van der Waals surface area (Å²) in [6.07, 6.45) is 2.43. The number of methoxy groups -OCH3 is 3. The second-order valence-electron chi connectivity index (χ2n) is 9.14. The van der Waals surface area contributed by atoms with Gasteiger partial charge in [0.1, 0.15) is 0 Å². The van der Waals surface area contributed by atoms with Crippen molar-refractivity contribution in [2.24, 2.45) is 11.8 Å². The maximum atomic E-state index is 13.0. The molecular formula is C27H30O9. The van der Waals surface area contributed by atoms with Gasteiger partial charge in [-0.2, -0.15) is 0 Å². The van der Waals surface area contributed by atoms with Gasteiger partial charge in [-0.3, -0.25) is 9.59 Å². The third kappa shape index (κ3) is 3.96. The van der Waals surface area contributed by atoms with E-state index in [2.05, 4.69) is 0 Å². The highest BCUT2D eigenvalue weighted by molar-refractivity contribution is 5.80. The first-order valence-corrected chi connectivity index (χ1v) is 12.1. The van der Waals surface area contributed by atoms with Crippen molar-refractivity contribution in [1.29, 1.82) is 0 Å². The summed E-state index contributed by atoms with van der Waals surface area (Å²) < 4.78 is 39.5. The molecular weight excluding hydrogens is 468 g/mol. The molecule has 2 aromatic rings. The Morgan fingerprint density at radius 3 is 2.42 bits per heavy atom. The molecule has 0 amide bonds. The van der Waals surface area contributed by atoms with Crippen LogP contribution in [0.3, 0.4) is 0 Å². The molecule has 2 unspecified atom stereocenters. The lowest BCUT2D eigenvalue weighted by molar-refractivity contribution is -0.141. The van der Waals surface area contributed by atoms with E-state index in [1.807, 2.05) is 25.1 Å². The standard InChI is InChI=1S/C27H30O9/c1-5-6-7-21(28)36-24-17-8-15-12-33-27(29)23(15)22(16(17)11-20-26(24)35-13-34-20)14-9-18(30-2)25(32-4)19(10-14)31-3/h9-11,15,22-23H,5-8,12-13H2,1-4H3/t15?,22-,23?/m1/s1.